The largest absolute Gasteiger partial charge is 0.447 e. The Kier molecular flexibility index (Phi) is 5.69. The van der Waals surface area contributed by atoms with Gasteiger partial charge in [-0.15, -0.1) is 0 Å². The highest BCUT2D eigenvalue weighted by molar-refractivity contribution is 5.95. The quantitative estimate of drug-likeness (QED) is 0.845. The van der Waals surface area contributed by atoms with Gasteiger partial charge in [0.05, 0.1) is 12.1 Å². The third kappa shape index (κ3) is 4.17. The van der Waals surface area contributed by atoms with Crippen molar-refractivity contribution in [2.24, 2.45) is 5.92 Å². The predicted molar refractivity (Wildman–Crippen MR) is 93.1 cm³/mol. The highest BCUT2D eigenvalue weighted by atomic mass is 19.4. The Hall–Kier alpha value is -2.87. The summed E-state index contributed by atoms with van der Waals surface area (Å²) in [6.45, 7) is -0.203. The van der Waals surface area contributed by atoms with Gasteiger partial charge in [0.2, 0.25) is 5.91 Å². The van der Waals surface area contributed by atoms with E-state index in [1.807, 2.05) is 0 Å². The molecule has 0 saturated carbocycles. The molecule has 2 aromatic carbocycles. The lowest BCUT2D eigenvalue weighted by Crippen LogP contribution is -2.49. The van der Waals surface area contributed by atoms with Gasteiger partial charge >= 0.3 is 12.3 Å². The van der Waals surface area contributed by atoms with Crippen molar-refractivity contribution >= 4 is 12.0 Å². The number of carbonyl (C=O) groups excluding carboxylic acids is 2. The summed E-state index contributed by atoms with van der Waals surface area (Å²) in [4.78, 5) is 25.3. The molecule has 1 fully saturated rings. The second-order valence-corrected chi connectivity index (χ2v) is 6.50. The zero-order chi connectivity index (χ0) is 20.3. The third-order valence-corrected chi connectivity index (χ3v) is 4.59. The van der Waals surface area contributed by atoms with E-state index >= 15 is 0 Å². The van der Waals surface area contributed by atoms with Gasteiger partial charge in [-0.2, -0.15) is 13.2 Å². The molecule has 2 amide bonds. The van der Waals surface area contributed by atoms with Crippen LogP contribution in [0.4, 0.5) is 18.0 Å². The first-order valence-electron chi connectivity index (χ1n) is 8.62. The Morgan fingerprint density at radius 3 is 2.25 bits per heavy atom. The maximum Gasteiger partial charge on any atom is 0.417 e. The maximum atomic E-state index is 13.7. The summed E-state index contributed by atoms with van der Waals surface area (Å²) >= 11 is 0. The Bertz CT molecular complexity index is 826. The normalized spacial score (nSPS) is 19.2. The number of rotatable bonds is 5. The van der Waals surface area contributed by atoms with Crippen molar-refractivity contribution in [1.29, 1.82) is 0 Å². The van der Waals surface area contributed by atoms with E-state index in [4.69, 9.17) is 4.74 Å². The van der Waals surface area contributed by atoms with Gasteiger partial charge in [0.1, 0.15) is 6.61 Å². The lowest BCUT2D eigenvalue weighted by atomic mass is 9.93. The number of hydrogen-bond donors (Lipinski definition) is 1. The smallest absolute Gasteiger partial charge is 0.417 e. The lowest BCUT2D eigenvalue weighted by molar-refractivity contribution is -0.207. The summed E-state index contributed by atoms with van der Waals surface area (Å²) in [6, 6.07) is 15.0. The SMILES string of the molecule is O=C1OC[C@H](Cc2ccccc2)N1C(=O)[C@@H]([C@H](O)c1ccccc1)C(F)(F)F. The van der Waals surface area contributed by atoms with Crippen molar-refractivity contribution in [1.82, 2.24) is 4.90 Å². The molecule has 0 spiro atoms. The van der Waals surface area contributed by atoms with Gasteiger partial charge in [0, 0.05) is 0 Å². The van der Waals surface area contributed by atoms with E-state index in [1.54, 1.807) is 36.4 Å². The molecular formula is C20H18F3NO4. The molecule has 1 aliphatic heterocycles. The van der Waals surface area contributed by atoms with Crippen molar-refractivity contribution in [3.05, 3.63) is 71.8 Å². The van der Waals surface area contributed by atoms with Crippen LogP contribution in [-0.2, 0) is 16.0 Å². The van der Waals surface area contributed by atoms with Gasteiger partial charge in [-0.1, -0.05) is 60.7 Å². The van der Waals surface area contributed by atoms with E-state index in [-0.39, 0.29) is 18.6 Å². The number of ether oxygens (including phenoxy) is 1. The number of alkyl halides is 3. The highest BCUT2D eigenvalue weighted by Crippen LogP contribution is 2.38. The summed E-state index contributed by atoms with van der Waals surface area (Å²) in [7, 11) is 0. The summed E-state index contributed by atoms with van der Waals surface area (Å²) in [5, 5.41) is 10.3. The van der Waals surface area contributed by atoms with Crippen molar-refractivity contribution < 1.29 is 32.6 Å². The van der Waals surface area contributed by atoms with Gasteiger partial charge in [0.15, 0.2) is 5.92 Å². The van der Waals surface area contributed by atoms with E-state index in [0.717, 1.165) is 5.56 Å². The summed E-state index contributed by atoms with van der Waals surface area (Å²) < 4.78 is 45.9. The zero-order valence-corrected chi connectivity index (χ0v) is 14.7. The van der Waals surface area contributed by atoms with Crippen molar-refractivity contribution in [3.63, 3.8) is 0 Å². The van der Waals surface area contributed by atoms with Gasteiger partial charge < -0.3 is 9.84 Å². The Labute approximate surface area is 159 Å². The molecule has 3 rings (SSSR count). The molecule has 28 heavy (non-hydrogen) atoms. The molecule has 0 radical (unpaired) electrons. The molecule has 3 atom stereocenters. The number of hydrogen-bond acceptors (Lipinski definition) is 4. The van der Waals surface area contributed by atoms with Crippen LogP contribution in [0.2, 0.25) is 0 Å². The van der Waals surface area contributed by atoms with Crippen LogP contribution >= 0.6 is 0 Å². The Balaban J connectivity index is 1.89. The van der Waals surface area contributed by atoms with Gasteiger partial charge in [-0.3, -0.25) is 4.79 Å². The van der Waals surface area contributed by atoms with Crippen LogP contribution in [0.3, 0.4) is 0 Å². The fourth-order valence-electron chi connectivity index (χ4n) is 3.21. The molecule has 1 heterocycles. The second kappa shape index (κ2) is 8.02. The van der Waals surface area contributed by atoms with Gasteiger partial charge in [0.25, 0.3) is 0 Å². The van der Waals surface area contributed by atoms with Crippen LogP contribution in [0, 0.1) is 5.92 Å². The summed E-state index contributed by atoms with van der Waals surface area (Å²) in [5.41, 5.74) is 0.682. The molecule has 1 N–H and O–H groups in total. The fraction of sp³-hybridized carbons (Fsp3) is 0.300. The Morgan fingerprint density at radius 2 is 1.68 bits per heavy atom. The second-order valence-electron chi connectivity index (χ2n) is 6.50. The fourth-order valence-corrected chi connectivity index (χ4v) is 3.21. The number of imide groups is 1. The topological polar surface area (TPSA) is 66.8 Å². The molecule has 1 aliphatic rings. The van der Waals surface area contributed by atoms with Crippen molar-refractivity contribution in [3.8, 4) is 0 Å². The first kappa shape index (κ1) is 19.9. The molecule has 5 nitrogen and oxygen atoms in total. The number of nitrogens with zero attached hydrogens (tertiary/aromatic N) is 1. The zero-order valence-electron chi connectivity index (χ0n) is 14.7. The van der Waals surface area contributed by atoms with E-state index < -0.39 is 36.2 Å². The molecule has 0 unspecified atom stereocenters. The number of halogens is 3. The molecule has 0 bridgehead atoms. The van der Waals surface area contributed by atoms with E-state index in [2.05, 4.69) is 0 Å². The van der Waals surface area contributed by atoms with Crippen LogP contribution in [0.1, 0.15) is 17.2 Å². The first-order valence-corrected chi connectivity index (χ1v) is 8.62. The highest BCUT2D eigenvalue weighted by Gasteiger charge is 2.54. The van der Waals surface area contributed by atoms with Crippen LogP contribution in [0.25, 0.3) is 0 Å². The van der Waals surface area contributed by atoms with E-state index in [9.17, 15) is 27.9 Å². The van der Waals surface area contributed by atoms with Gasteiger partial charge in [-0.05, 0) is 17.5 Å². The standard InChI is InChI=1S/C20H18F3NO4/c21-20(22,23)16(17(25)14-9-5-2-6-10-14)18(26)24-15(12-28-19(24)27)11-13-7-3-1-4-8-13/h1-10,15-17,25H,11-12H2/t15-,16+,17+/m0/s1. The van der Waals surface area contributed by atoms with Gasteiger partial charge in [-0.25, -0.2) is 9.69 Å². The average molecular weight is 393 g/mol. The monoisotopic (exact) mass is 393 g/mol. The van der Waals surface area contributed by atoms with E-state index in [1.165, 1.54) is 24.3 Å². The molecule has 148 valence electrons. The summed E-state index contributed by atoms with van der Waals surface area (Å²) in [6.07, 6.45) is -8.17. The number of aliphatic hydroxyl groups is 1. The molecule has 1 saturated heterocycles. The van der Waals surface area contributed by atoms with Crippen LogP contribution in [-0.4, -0.2) is 40.8 Å². The molecular weight excluding hydrogens is 375 g/mol. The van der Waals surface area contributed by atoms with Crippen LogP contribution in [0.5, 0.6) is 0 Å². The van der Waals surface area contributed by atoms with E-state index in [0.29, 0.717) is 4.90 Å². The minimum Gasteiger partial charge on any atom is -0.447 e. The number of cyclic esters (lactones) is 1. The minimum atomic E-state index is -5.05. The number of aliphatic hydroxyl groups excluding tert-OH is 1. The average Bonchev–Trinajstić information content (AvgIpc) is 3.02. The van der Waals surface area contributed by atoms with Crippen LogP contribution in [0.15, 0.2) is 60.7 Å². The molecule has 0 aromatic heterocycles. The first-order chi connectivity index (χ1) is 13.3. The number of amides is 2. The minimum absolute atomic E-state index is 0.0645. The molecule has 8 heteroatoms. The Morgan fingerprint density at radius 1 is 1.11 bits per heavy atom. The maximum absolute atomic E-state index is 13.7. The van der Waals surface area contributed by atoms with Crippen LogP contribution < -0.4 is 0 Å². The molecule has 0 aliphatic carbocycles. The number of benzene rings is 2. The number of carbonyl (C=O) groups is 2. The van der Waals surface area contributed by atoms with Crippen molar-refractivity contribution in [2.45, 2.75) is 24.7 Å². The molecule has 2 aromatic rings. The predicted octanol–water partition coefficient (Wildman–Crippen LogP) is 3.49. The lowest BCUT2D eigenvalue weighted by Gasteiger charge is -2.29. The van der Waals surface area contributed by atoms with Crippen molar-refractivity contribution in [2.75, 3.05) is 6.61 Å². The summed E-state index contributed by atoms with van der Waals surface area (Å²) in [5.74, 6) is -4.30. The third-order valence-electron chi connectivity index (χ3n) is 4.59.